The van der Waals surface area contributed by atoms with Crippen molar-refractivity contribution in [2.24, 2.45) is 23.7 Å². The van der Waals surface area contributed by atoms with Crippen LogP contribution < -0.4 is 0 Å². The van der Waals surface area contributed by atoms with Gasteiger partial charge in [0.05, 0.1) is 0 Å². The van der Waals surface area contributed by atoms with Crippen molar-refractivity contribution >= 4 is 11.6 Å². The summed E-state index contributed by atoms with van der Waals surface area (Å²) in [7, 11) is 0. The van der Waals surface area contributed by atoms with Crippen molar-refractivity contribution in [2.45, 2.75) is 58.8 Å². The second kappa shape index (κ2) is 5.39. The zero-order valence-corrected chi connectivity index (χ0v) is 10.8. The standard InChI is InChI=1S/C13H25Cl/c1-5-11(4)13(14)12-7-9(2)6-10(3)8-12/h9-13H,5-8H2,1-4H3. The van der Waals surface area contributed by atoms with Gasteiger partial charge in [0.1, 0.15) is 0 Å². The van der Waals surface area contributed by atoms with E-state index in [1.807, 2.05) is 0 Å². The molecule has 4 unspecified atom stereocenters. The number of hydrogen-bond acceptors (Lipinski definition) is 0. The van der Waals surface area contributed by atoms with Crippen molar-refractivity contribution in [3.63, 3.8) is 0 Å². The van der Waals surface area contributed by atoms with Crippen molar-refractivity contribution in [1.29, 1.82) is 0 Å². The largest absolute Gasteiger partial charge is 0.122 e. The molecule has 0 radical (unpaired) electrons. The molecule has 0 aliphatic heterocycles. The van der Waals surface area contributed by atoms with E-state index in [0.717, 1.165) is 17.8 Å². The van der Waals surface area contributed by atoms with Crippen LogP contribution in [0.1, 0.15) is 53.4 Å². The Morgan fingerprint density at radius 3 is 2.07 bits per heavy atom. The minimum absolute atomic E-state index is 0.408. The Bertz CT molecular complexity index is 157. The monoisotopic (exact) mass is 216 g/mol. The molecule has 0 aromatic carbocycles. The number of rotatable bonds is 3. The van der Waals surface area contributed by atoms with Gasteiger partial charge < -0.3 is 0 Å². The molecule has 0 N–H and O–H groups in total. The van der Waals surface area contributed by atoms with Gasteiger partial charge in [-0.05, 0) is 42.9 Å². The lowest BCUT2D eigenvalue weighted by Crippen LogP contribution is -2.29. The van der Waals surface area contributed by atoms with Crippen LogP contribution >= 0.6 is 11.6 Å². The van der Waals surface area contributed by atoms with Gasteiger partial charge in [-0.1, -0.05) is 34.1 Å². The van der Waals surface area contributed by atoms with Crippen LogP contribution in [-0.4, -0.2) is 5.38 Å². The molecule has 0 aromatic heterocycles. The highest BCUT2D eigenvalue weighted by Gasteiger charge is 2.30. The fourth-order valence-electron chi connectivity index (χ4n) is 2.96. The molecule has 0 nitrogen and oxygen atoms in total. The minimum atomic E-state index is 0.408. The molecule has 4 atom stereocenters. The fourth-order valence-corrected chi connectivity index (χ4v) is 3.34. The van der Waals surface area contributed by atoms with E-state index in [1.165, 1.54) is 25.7 Å². The molecule has 0 spiro atoms. The average Bonchev–Trinajstić information content (AvgIpc) is 2.14. The fraction of sp³-hybridized carbons (Fsp3) is 1.00. The van der Waals surface area contributed by atoms with Crippen LogP contribution in [0, 0.1) is 23.7 Å². The quantitative estimate of drug-likeness (QED) is 0.600. The molecule has 1 aliphatic carbocycles. The first-order chi connectivity index (χ1) is 6.54. The lowest BCUT2D eigenvalue weighted by molar-refractivity contribution is 0.195. The predicted molar refractivity (Wildman–Crippen MR) is 64.8 cm³/mol. The van der Waals surface area contributed by atoms with E-state index in [-0.39, 0.29) is 0 Å². The maximum atomic E-state index is 6.54. The van der Waals surface area contributed by atoms with Gasteiger partial charge in [0.2, 0.25) is 0 Å². The van der Waals surface area contributed by atoms with Gasteiger partial charge in [0.25, 0.3) is 0 Å². The maximum Gasteiger partial charge on any atom is 0.0389 e. The molecule has 0 bridgehead atoms. The van der Waals surface area contributed by atoms with Crippen LogP contribution in [0.15, 0.2) is 0 Å². The van der Waals surface area contributed by atoms with Gasteiger partial charge in [0, 0.05) is 5.38 Å². The summed E-state index contributed by atoms with van der Waals surface area (Å²) < 4.78 is 0. The third-order valence-corrected chi connectivity index (χ3v) is 4.64. The lowest BCUT2D eigenvalue weighted by atomic mass is 9.73. The molecule has 0 aromatic rings. The minimum Gasteiger partial charge on any atom is -0.122 e. The van der Waals surface area contributed by atoms with E-state index in [2.05, 4.69) is 27.7 Å². The molecule has 1 saturated carbocycles. The van der Waals surface area contributed by atoms with Crippen molar-refractivity contribution in [2.75, 3.05) is 0 Å². The first kappa shape index (κ1) is 12.4. The normalized spacial score (nSPS) is 37.9. The van der Waals surface area contributed by atoms with Gasteiger partial charge in [-0.25, -0.2) is 0 Å². The Morgan fingerprint density at radius 2 is 1.64 bits per heavy atom. The average molecular weight is 217 g/mol. The maximum absolute atomic E-state index is 6.54. The van der Waals surface area contributed by atoms with Crippen LogP contribution in [-0.2, 0) is 0 Å². The molecule has 0 amide bonds. The van der Waals surface area contributed by atoms with Crippen LogP contribution in [0.2, 0.25) is 0 Å². The highest BCUT2D eigenvalue weighted by molar-refractivity contribution is 6.21. The summed E-state index contributed by atoms with van der Waals surface area (Å²) in [5, 5.41) is 0.408. The molecule has 1 rings (SSSR count). The van der Waals surface area contributed by atoms with Gasteiger partial charge in [-0.3, -0.25) is 0 Å². The second-order valence-corrected chi connectivity index (χ2v) is 6.01. The van der Waals surface area contributed by atoms with Crippen LogP contribution in [0.4, 0.5) is 0 Å². The van der Waals surface area contributed by atoms with E-state index in [1.54, 1.807) is 0 Å². The van der Waals surface area contributed by atoms with Crippen LogP contribution in [0.5, 0.6) is 0 Å². The van der Waals surface area contributed by atoms with Crippen molar-refractivity contribution < 1.29 is 0 Å². The molecular formula is C13H25Cl. The third-order valence-electron chi connectivity index (χ3n) is 3.85. The van der Waals surface area contributed by atoms with Gasteiger partial charge >= 0.3 is 0 Å². The zero-order valence-electron chi connectivity index (χ0n) is 10.1. The third kappa shape index (κ3) is 3.15. The molecule has 0 saturated heterocycles. The summed E-state index contributed by atoms with van der Waals surface area (Å²) in [6.45, 7) is 9.29. The van der Waals surface area contributed by atoms with E-state index < -0.39 is 0 Å². The summed E-state index contributed by atoms with van der Waals surface area (Å²) in [6.07, 6.45) is 5.32. The molecule has 1 fully saturated rings. The first-order valence-electron chi connectivity index (χ1n) is 6.18. The van der Waals surface area contributed by atoms with Crippen molar-refractivity contribution in [1.82, 2.24) is 0 Å². The van der Waals surface area contributed by atoms with E-state index >= 15 is 0 Å². The Kier molecular flexibility index (Phi) is 4.76. The molecule has 1 aliphatic rings. The highest BCUT2D eigenvalue weighted by atomic mass is 35.5. The predicted octanol–water partition coefficient (Wildman–Crippen LogP) is 4.71. The Balaban J connectivity index is 2.50. The molecular weight excluding hydrogens is 192 g/mol. The molecule has 14 heavy (non-hydrogen) atoms. The highest BCUT2D eigenvalue weighted by Crippen LogP contribution is 2.39. The molecule has 0 heterocycles. The second-order valence-electron chi connectivity index (χ2n) is 5.51. The summed E-state index contributed by atoms with van der Waals surface area (Å²) >= 11 is 6.54. The summed E-state index contributed by atoms with van der Waals surface area (Å²) in [6, 6.07) is 0. The van der Waals surface area contributed by atoms with Crippen molar-refractivity contribution in [3.05, 3.63) is 0 Å². The Hall–Kier alpha value is 0.290. The van der Waals surface area contributed by atoms with Crippen LogP contribution in [0.3, 0.4) is 0 Å². The van der Waals surface area contributed by atoms with E-state index in [9.17, 15) is 0 Å². The van der Waals surface area contributed by atoms with Gasteiger partial charge in [-0.2, -0.15) is 0 Å². The first-order valence-corrected chi connectivity index (χ1v) is 6.62. The topological polar surface area (TPSA) is 0 Å². The number of halogens is 1. The zero-order chi connectivity index (χ0) is 10.7. The van der Waals surface area contributed by atoms with E-state index in [0.29, 0.717) is 11.3 Å². The summed E-state index contributed by atoms with van der Waals surface area (Å²) in [5.74, 6) is 3.22. The number of hydrogen-bond donors (Lipinski definition) is 0. The summed E-state index contributed by atoms with van der Waals surface area (Å²) in [5.41, 5.74) is 0. The smallest absolute Gasteiger partial charge is 0.0389 e. The lowest BCUT2D eigenvalue weighted by Gasteiger charge is -2.36. The number of alkyl halides is 1. The Labute approximate surface area is 94.4 Å². The Morgan fingerprint density at radius 1 is 1.14 bits per heavy atom. The molecule has 1 heteroatoms. The molecule has 84 valence electrons. The van der Waals surface area contributed by atoms with Crippen LogP contribution in [0.25, 0.3) is 0 Å². The summed E-state index contributed by atoms with van der Waals surface area (Å²) in [4.78, 5) is 0. The SMILES string of the molecule is CCC(C)C(Cl)C1CC(C)CC(C)C1. The van der Waals surface area contributed by atoms with Gasteiger partial charge in [0.15, 0.2) is 0 Å². The van der Waals surface area contributed by atoms with E-state index in [4.69, 9.17) is 11.6 Å². The van der Waals surface area contributed by atoms with Crippen molar-refractivity contribution in [3.8, 4) is 0 Å². The van der Waals surface area contributed by atoms with Gasteiger partial charge in [-0.15, -0.1) is 11.6 Å².